The van der Waals surface area contributed by atoms with E-state index in [1.54, 1.807) is 0 Å². The molecule has 3 heteroatoms. The van der Waals surface area contributed by atoms with Gasteiger partial charge in [-0.05, 0) is 13.5 Å². The molecule has 0 spiro atoms. The molecule has 0 aromatic rings. The zero-order valence-corrected chi connectivity index (χ0v) is 6.72. The van der Waals surface area contributed by atoms with E-state index in [0.717, 1.165) is 13.1 Å². The zero-order chi connectivity index (χ0) is 6.41. The maximum atomic E-state index is 3.27. The summed E-state index contributed by atoms with van der Waals surface area (Å²) >= 11 is 0. The van der Waals surface area contributed by atoms with Crippen molar-refractivity contribution in [1.29, 1.82) is 0 Å². The fourth-order valence-corrected chi connectivity index (χ4v) is 0.951. The van der Waals surface area contributed by atoms with Crippen LogP contribution in [0.5, 0.6) is 0 Å². The highest BCUT2D eigenvalue weighted by Gasteiger charge is 1.93. The van der Waals surface area contributed by atoms with E-state index in [1.807, 2.05) is 0 Å². The number of hydrogen-bond acceptors (Lipinski definition) is 2. The number of rotatable bonds is 4. The molecule has 0 heterocycles. The van der Waals surface area contributed by atoms with Crippen molar-refractivity contribution >= 4 is 9.39 Å². The van der Waals surface area contributed by atoms with Crippen LogP contribution in [0.15, 0.2) is 0 Å². The SMILES string of the molecule is CCNC(C)CNP. The Morgan fingerprint density at radius 3 is 2.62 bits per heavy atom. The Kier molecular flexibility index (Phi) is 5.73. The van der Waals surface area contributed by atoms with Gasteiger partial charge in [-0.15, -0.1) is 0 Å². The third kappa shape index (κ3) is 4.51. The first-order valence-electron chi connectivity index (χ1n) is 2.98. The molecule has 2 N–H and O–H groups in total. The van der Waals surface area contributed by atoms with E-state index in [-0.39, 0.29) is 0 Å². The molecule has 0 radical (unpaired) electrons. The molecule has 8 heavy (non-hydrogen) atoms. The van der Waals surface area contributed by atoms with Crippen molar-refractivity contribution in [3.05, 3.63) is 0 Å². The summed E-state index contributed by atoms with van der Waals surface area (Å²) in [6.45, 7) is 6.33. The number of likely N-dealkylation sites (N-methyl/N-ethyl adjacent to an activating group) is 1. The van der Waals surface area contributed by atoms with Gasteiger partial charge in [0.25, 0.3) is 0 Å². The van der Waals surface area contributed by atoms with E-state index in [0.29, 0.717) is 6.04 Å². The lowest BCUT2D eigenvalue weighted by molar-refractivity contribution is 0.564. The second kappa shape index (κ2) is 5.49. The Morgan fingerprint density at radius 1 is 1.62 bits per heavy atom. The zero-order valence-electron chi connectivity index (χ0n) is 5.57. The predicted molar refractivity (Wildman–Crippen MR) is 40.9 cm³/mol. The fourth-order valence-electron chi connectivity index (χ4n) is 0.597. The van der Waals surface area contributed by atoms with Crippen LogP contribution in [-0.2, 0) is 0 Å². The smallest absolute Gasteiger partial charge is 0.0167 e. The molecule has 50 valence electrons. The van der Waals surface area contributed by atoms with Crippen molar-refractivity contribution in [2.24, 2.45) is 0 Å². The van der Waals surface area contributed by atoms with Crippen molar-refractivity contribution in [2.75, 3.05) is 13.1 Å². The van der Waals surface area contributed by atoms with Crippen molar-refractivity contribution in [3.63, 3.8) is 0 Å². The largest absolute Gasteiger partial charge is 0.313 e. The Bertz CT molecular complexity index is 43.7. The average molecular weight is 134 g/mol. The quantitative estimate of drug-likeness (QED) is 0.542. The molecule has 0 bridgehead atoms. The highest BCUT2D eigenvalue weighted by atomic mass is 31.0. The van der Waals surface area contributed by atoms with E-state index in [4.69, 9.17) is 0 Å². The van der Waals surface area contributed by atoms with Gasteiger partial charge in [0.15, 0.2) is 0 Å². The lowest BCUT2D eigenvalue weighted by atomic mass is 10.3. The van der Waals surface area contributed by atoms with E-state index in [2.05, 4.69) is 33.6 Å². The topological polar surface area (TPSA) is 24.1 Å². The van der Waals surface area contributed by atoms with Gasteiger partial charge in [0.2, 0.25) is 0 Å². The highest BCUT2D eigenvalue weighted by Crippen LogP contribution is 1.78. The van der Waals surface area contributed by atoms with Crippen LogP contribution in [0.1, 0.15) is 13.8 Å². The first kappa shape index (κ1) is 8.35. The second-order valence-corrected chi connectivity index (χ2v) is 2.28. The van der Waals surface area contributed by atoms with Crippen LogP contribution in [0.2, 0.25) is 0 Å². The van der Waals surface area contributed by atoms with E-state index < -0.39 is 0 Å². The molecule has 2 unspecified atom stereocenters. The maximum absolute atomic E-state index is 3.27. The minimum absolute atomic E-state index is 0.581. The Labute approximate surface area is 53.7 Å². The summed E-state index contributed by atoms with van der Waals surface area (Å²) in [4.78, 5) is 0. The van der Waals surface area contributed by atoms with Gasteiger partial charge in [0.05, 0.1) is 0 Å². The van der Waals surface area contributed by atoms with E-state index >= 15 is 0 Å². The molecule has 0 fully saturated rings. The maximum Gasteiger partial charge on any atom is 0.0167 e. The molecule has 0 saturated carbocycles. The summed E-state index contributed by atoms with van der Waals surface area (Å²) in [6, 6.07) is 0.581. The molecule has 0 rings (SSSR count). The van der Waals surface area contributed by atoms with Crippen LogP contribution in [0.25, 0.3) is 0 Å². The van der Waals surface area contributed by atoms with E-state index in [9.17, 15) is 0 Å². The molecule has 0 aromatic carbocycles. The lowest BCUT2D eigenvalue weighted by Crippen LogP contribution is -2.32. The minimum Gasteiger partial charge on any atom is -0.313 e. The van der Waals surface area contributed by atoms with Crippen LogP contribution >= 0.6 is 9.39 Å². The minimum atomic E-state index is 0.581. The molecular formula is C5H15N2P. The molecular weight excluding hydrogens is 119 g/mol. The first-order chi connectivity index (χ1) is 3.81. The number of hydrogen-bond donors (Lipinski definition) is 2. The average Bonchev–Trinajstić information content (AvgIpc) is 1.68. The van der Waals surface area contributed by atoms with Gasteiger partial charge < -0.3 is 5.32 Å². The Balaban J connectivity index is 2.92. The van der Waals surface area contributed by atoms with Crippen LogP contribution in [0, 0.1) is 0 Å². The third-order valence-corrected chi connectivity index (χ3v) is 1.21. The van der Waals surface area contributed by atoms with Crippen LogP contribution < -0.4 is 10.4 Å². The molecule has 2 atom stereocenters. The van der Waals surface area contributed by atoms with Crippen molar-refractivity contribution in [2.45, 2.75) is 19.9 Å². The normalized spacial score (nSPS) is 13.9. The van der Waals surface area contributed by atoms with Crippen LogP contribution in [-0.4, -0.2) is 19.1 Å². The predicted octanol–water partition coefficient (Wildman–Crippen LogP) is 0.364. The summed E-state index contributed by atoms with van der Waals surface area (Å²) in [5.41, 5.74) is 0. The Hall–Kier alpha value is 0.350. The van der Waals surface area contributed by atoms with Crippen molar-refractivity contribution < 1.29 is 0 Å². The van der Waals surface area contributed by atoms with Gasteiger partial charge in [0, 0.05) is 12.6 Å². The molecule has 0 aliphatic heterocycles. The second-order valence-electron chi connectivity index (χ2n) is 1.87. The molecule has 0 saturated heterocycles. The summed E-state index contributed by atoms with van der Waals surface area (Å²) in [5.74, 6) is 0. The van der Waals surface area contributed by atoms with Gasteiger partial charge in [-0.2, -0.15) is 0 Å². The monoisotopic (exact) mass is 134 g/mol. The summed E-state index contributed by atoms with van der Waals surface area (Å²) in [7, 11) is 2.48. The lowest BCUT2D eigenvalue weighted by Gasteiger charge is -2.09. The molecule has 0 aromatic heterocycles. The van der Waals surface area contributed by atoms with Crippen LogP contribution in [0.4, 0.5) is 0 Å². The molecule has 0 amide bonds. The first-order valence-corrected chi connectivity index (χ1v) is 3.55. The Morgan fingerprint density at radius 2 is 2.25 bits per heavy atom. The fraction of sp³-hybridized carbons (Fsp3) is 1.00. The van der Waals surface area contributed by atoms with Crippen molar-refractivity contribution in [3.8, 4) is 0 Å². The summed E-state index contributed by atoms with van der Waals surface area (Å²) in [5, 5.41) is 6.28. The van der Waals surface area contributed by atoms with Gasteiger partial charge in [-0.3, -0.25) is 5.09 Å². The van der Waals surface area contributed by atoms with Crippen LogP contribution in [0.3, 0.4) is 0 Å². The summed E-state index contributed by atoms with van der Waals surface area (Å²) < 4.78 is 0. The highest BCUT2D eigenvalue weighted by molar-refractivity contribution is 7.13. The van der Waals surface area contributed by atoms with Gasteiger partial charge in [-0.25, -0.2) is 0 Å². The van der Waals surface area contributed by atoms with Gasteiger partial charge >= 0.3 is 0 Å². The van der Waals surface area contributed by atoms with Crippen molar-refractivity contribution in [1.82, 2.24) is 10.4 Å². The van der Waals surface area contributed by atoms with Gasteiger partial charge in [0.1, 0.15) is 0 Å². The standard InChI is InChI=1S/C5H15N2P/c1-3-6-5(2)4-7-8/h5-7H,3-4,8H2,1-2H3. The van der Waals surface area contributed by atoms with Gasteiger partial charge in [-0.1, -0.05) is 16.3 Å². The molecule has 2 nitrogen and oxygen atoms in total. The summed E-state index contributed by atoms with van der Waals surface area (Å²) in [6.07, 6.45) is 0. The van der Waals surface area contributed by atoms with E-state index in [1.165, 1.54) is 0 Å². The number of nitrogens with one attached hydrogen (secondary N) is 2. The molecule has 0 aliphatic rings. The third-order valence-electron chi connectivity index (χ3n) is 0.977. The molecule has 0 aliphatic carbocycles.